The minimum Gasteiger partial charge on any atom is -0.493 e. The lowest BCUT2D eigenvalue weighted by Crippen LogP contribution is -2.12. The third-order valence-corrected chi connectivity index (χ3v) is 3.65. The monoisotopic (exact) mass is 265 g/mol. The van der Waals surface area contributed by atoms with E-state index < -0.39 is 0 Å². The van der Waals surface area contributed by atoms with Crippen LogP contribution in [0.2, 0.25) is 0 Å². The van der Waals surface area contributed by atoms with Crippen molar-refractivity contribution < 1.29 is 9.47 Å². The maximum Gasteiger partial charge on any atom is 0.161 e. The molecule has 1 rings (SSSR count). The number of ether oxygens (including phenoxy) is 2. The molecule has 0 amide bonds. The summed E-state index contributed by atoms with van der Waals surface area (Å²) in [6.07, 6.45) is 2.03. The van der Waals surface area contributed by atoms with Gasteiger partial charge in [-0.1, -0.05) is 26.8 Å². The van der Waals surface area contributed by atoms with Gasteiger partial charge >= 0.3 is 0 Å². The Labute approximate surface area is 117 Å². The highest BCUT2D eigenvalue weighted by Gasteiger charge is 2.16. The summed E-state index contributed by atoms with van der Waals surface area (Å²) in [7, 11) is 1.69. The second-order valence-corrected chi connectivity index (χ2v) is 5.10. The van der Waals surface area contributed by atoms with E-state index in [2.05, 4.69) is 32.9 Å². The molecule has 0 aliphatic rings. The van der Waals surface area contributed by atoms with Crippen molar-refractivity contribution in [1.29, 1.82) is 0 Å². The van der Waals surface area contributed by atoms with E-state index in [0.717, 1.165) is 37.5 Å². The molecule has 0 bridgehead atoms. The predicted molar refractivity (Wildman–Crippen MR) is 80.0 cm³/mol. The number of hydrogen-bond donors (Lipinski definition) is 1. The number of rotatable bonds is 8. The third kappa shape index (κ3) is 4.43. The Bertz CT molecular complexity index is 379. The fraction of sp³-hybridized carbons (Fsp3) is 0.625. The first-order valence-corrected chi connectivity index (χ1v) is 7.14. The topological polar surface area (TPSA) is 44.5 Å². The van der Waals surface area contributed by atoms with Gasteiger partial charge in [-0.25, -0.2) is 0 Å². The smallest absolute Gasteiger partial charge is 0.161 e. The fourth-order valence-electron chi connectivity index (χ4n) is 2.14. The molecule has 0 saturated carbocycles. The van der Waals surface area contributed by atoms with Crippen molar-refractivity contribution in [2.24, 2.45) is 11.7 Å². The van der Waals surface area contributed by atoms with Gasteiger partial charge in [0.05, 0.1) is 13.7 Å². The van der Waals surface area contributed by atoms with Crippen LogP contribution in [0.15, 0.2) is 18.2 Å². The van der Waals surface area contributed by atoms with Crippen LogP contribution >= 0.6 is 0 Å². The van der Waals surface area contributed by atoms with Crippen molar-refractivity contribution in [2.45, 2.75) is 39.5 Å². The summed E-state index contributed by atoms with van der Waals surface area (Å²) in [4.78, 5) is 0. The Kier molecular flexibility index (Phi) is 6.71. The molecule has 0 spiro atoms. The third-order valence-electron chi connectivity index (χ3n) is 3.65. The summed E-state index contributed by atoms with van der Waals surface area (Å²) < 4.78 is 11.1. The lowest BCUT2D eigenvalue weighted by atomic mass is 9.86. The molecule has 0 aliphatic carbocycles. The highest BCUT2D eigenvalue weighted by Crippen LogP contribution is 2.34. The Balaban J connectivity index is 2.86. The van der Waals surface area contributed by atoms with Crippen LogP contribution < -0.4 is 15.2 Å². The molecule has 108 valence electrons. The molecule has 0 heterocycles. The van der Waals surface area contributed by atoms with E-state index in [0.29, 0.717) is 11.8 Å². The van der Waals surface area contributed by atoms with E-state index in [-0.39, 0.29) is 0 Å². The summed E-state index contributed by atoms with van der Waals surface area (Å²) >= 11 is 0. The zero-order valence-electron chi connectivity index (χ0n) is 12.6. The van der Waals surface area contributed by atoms with Gasteiger partial charge in [0, 0.05) is 0 Å². The molecule has 1 aromatic carbocycles. The molecule has 3 nitrogen and oxygen atoms in total. The molecule has 3 heteroatoms. The molecule has 2 unspecified atom stereocenters. The minimum absolute atomic E-state index is 0.470. The van der Waals surface area contributed by atoms with Crippen LogP contribution in [0, 0.1) is 5.92 Å². The molecular formula is C16H27NO2. The van der Waals surface area contributed by atoms with Crippen LogP contribution in [0.3, 0.4) is 0 Å². The van der Waals surface area contributed by atoms with Crippen molar-refractivity contribution in [1.82, 2.24) is 0 Å². The zero-order valence-corrected chi connectivity index (χ0v) is 12.6. The molecular weight excluding hydrogens is 238 g/mol. The van der Waals surface area contributed by atoms with Gasteiger partial charge in [0.1, 0.15) is 0 Å². The SMILES string of the molecule is CCCOc1ccc(C(C)C(C)CCN)cc1OC. The van der Waals surface area contributed by atoms with Gasteiger partial charge in [0.25, 0.3) is 0 Å². The largest absolute Gasteiger partial charge is 0.493 e. The van der Waals surface area contributed by atoms with E-state index >= 15 is 0 Å². The summed E-state index contributed by atoms with van der Waals surface area (Å²) in [6, 6.07) is 6.23. The zero-order chi connectivity index (χ0) is 14.3. The van der Waals surface area contributed by atoms with Crippen LogP contribution in [-0.4, -0.2) is 20.3 Å². The second kappa shape index (κ2) is 8.05. The first-order valence-electron chi connectivity index (χ1n) is 7.14. The molecule has 0 aromatic heterocycles. The van der Waals surface area contributed by atoms with E-state index in [4.69, 9.17) is 15.2 Å². The first kappa shape index (κ1) is 15.8. The molecule has 0 radical (unpaired) electrons. The van der Waals surface area contributed by atoms with Gasteiger partial charge in [-0.3, -0.25) is 0 Å². The van der Waals surface area contributed by atoms with Crippen molar-refractivity contribution in [3.63, 3.8) is 0 Å². The number of hydrogen-bond acceptors (Lipinski definition) is 3. The Hall–Kier alpha value is -1.22. The number of benzene rings is 1. The van der Waals surface area contributed by atoms with E-state index in [9.17, 15) is 0 Å². The molecule has 1 aromatic rings. The Morgan fingerprint density at radius 1 is 1.21 bits per heavy atom. The quantitative estimate of drug-likeness (QED) is 0.781. The van der Waals surface area contributed by atoms with E-state index in [1.807, 2.05) is 6.07 Å². The highest BCUT2D eigenvalue weighted by molar-refractivity contribution is 5.44. The molecule has 0 aliphatic heterocycles. The highest BCUT2D eigenvalue weighted by atomic mass is 16.5. The van der Waals surface area contributed by atoms with E-state index in [1.54, 1.807) is 7.11 Å². The van der Waals surface area contributed by atoms with E-state index in [1.165, 1.54) is 5.56 Å². The van der Waals surface area contributed by atoms with Crippen LogP contribution in [0.25, 0.3) is 0 Å². The van der Waals surface area contributed by atoms with Crippen molar-refractivity contribution in [3.05, 3.63) is 23.8 Å². The normalized spacial score (nSPS) is 13.9. The summed E-state index contributed by atoms with van der Waals surface area (Å²) in [5.41, 5.74) is 6.91. The van der Waals surface area contributed by atoms with Gasteiger partial charge in [0.15, 0.2) is 11.5 Å². The van der Waals surface area contributed by atoms with Gasteiger partial charge < -0.3 is 15.2 Å². The average Bonchev–Trinajstić information content (AvgIpc) is 2.44. The van der Waals surface area contributed by atoms with Crippen molar-refractivity contribution in [2.75, 3.05) is 20.3 Å². The summed E-state index contributed by atoms with van der Waals surface area (Å²) in [5.74, 6) is 2.68. The molecule has 0 fully saturated rings. The van der Waals surface area contributed by atoms with Crippen LogP contribution in [0.1, 0.15) is 45.1 Å². The molecule has 2 N–H and O–H groups in total. The fourth-order valence-corrected chi connectivity index (χ4v) is 2.14. The number of methoxy groups -OCH3 is 1. The summed E-state index contributed by atoms with van der Waals surface area (Å²) in [5, 5.41) is 0. The average molecular weight is 265 g/mol. The lowest BCUT2D eigenvalue weighted by molar-refractivity contribution is 0.293. The summed E-state index contributed by atoms with van der Waals surface area (Å²) in [6.45, 7) is 8.03. The van der Waals surface area contributed by atoms with Gasteiger partial charge in [0.2, 0.25) is 0 Å². The molecule has 0 saturated heterocycles. The molecule has 19 heavy (non-hydrogen) atoms. The van der Waals surface area contributed by atoms with Gasteiger partial charge in [-0.15, -0.1) is 0 Å². The standard InChI is InChI=1S/C16H27NO2/c1-5-10-19-15-7-6-14(11-16(15)18-4)13(3)12(2)8-9-17/h6-7,11-13H,5,8-10,17H2,1-4H3. The number of nitrogens with two attached hydrogens (primary N) is 1. The predicted octanol–water partition coefficient (Wildman–Crippen LogP) is 3.57. The Morgan fingerprint density at radius 3 is 2.53 bits per heavy atom. The van der Waals surface area contributed by atoms with Crippen LogP contribution in [-0.2, 0) is 0 Å². The maximum atomic E-state index is 5.67. The van der Waals surface area contributed by atoms with Crippen molar-refractivity contribution in [3.8, 4) is 11.5 Å². The first-order chi connectivity index (χ1) is 9.13. The minimum atomic E-state index is 0.470. The van der Waals surface area contributed by atoms with Gasteiger partial charge in [-0.2, -0.15) is 0 Å². The maximum absolute atomic E-state index is 5.67. The van der Waals surface area contributed by atoms with Gasteiger partial charge in [-0.05, 0) is 48.9 Å². The lowest BCUT2D eigenvalue weighted by Gasteiger charge is -2.21. The van der Waals surface area contributed by atoms with Crippen LogP contribution in [0.4, 0.5) is 0 Å². The van der Waals surface area contributed by atoms with Crippen molar-refractivity contribution >= 4 is 0 Å². The molecule has 2 atom stereocenters. The van der Waals surface area contributed by atoms with Crippen LogP contribution in [0.5, 0.6) is 11.5 Å². The Morgan fingerprint density at radius 2 is 1.95 bits per heavy atom. The second-order valence-electron chi connectivity index (χ2n) is 5.10.